The van der Waals surface area contributed by atoms with Crippen LogP contribution in [0.3, 0.4) is 0 Å². The van der Waals surface area contributed by atoms with E-state index in [1.807, 2.05) is 19.1 Å². The second kappa shape index (κ2) is 4.11. The summed E-state index contributed by atoms with van der Waals surface area (Å²) in [6.07, 6.45) is 0. The van der Waals surface area contributed by atoms with E-state index in [-0.39, 0.29) is 0 Å². The highest BCUT2D eigenvalue weighted by molar-refractivity contribution is 5.51. The van der Waals surface area contributed by atoms with Crippen molar-refractivity contribution in [3.63, 3.8) is 0 Å². The Balaban J connectivity index is 3.42. The number of aliphatic hydroxyl groups is 1. The molecule has 0 bridgehead atoms. The van der Waals surface area contributed by atoms with Gasteiger partial charge in [0.05, 0.1) is 19.8 Å². The average Bonchev–Trinajstić information content (AvgIpc) is 2.15. The highest BCUT2D eigenvalue weighted by atomic mass is 16.5. The molecule has 0 radical (unpaired) electrons. The Kier molecular flexibility index (Phi) is 3.25. The summed E-state index contributed by atoms with van der Waals surface area (Å²) < 4.78 is 10.5. The fraction of sp³-hybridized carbons (Fsp3) is 0.500. The quantitative estimate of drug-likeness (QED) is 0.831. The predicted molar refractivity (Wildman–Crippen MR) is 59.5 cm³/mol. The minimum Gasteiger partial charge on any atom is -0.493 e. The van der Waals surface area contributed by atoms with Crippen molar-refractivity contribution in [3.05, 3.63) is 23.3 Å². The lowest BCUT2D eigenvalue weighted by atomic mass is 9.95. The zero-order valence-corrected chi connectivity index (χ0v) is 9.92. The van der Waals surface area contributed by atoms with Crippen LogP contribution in [0.1, 0.15) is 25.0 Å². The van der Waals surface area contributed by atoms with E-state index < -0.39 is 5.60 Å². The highest BCUT2D eigenvalue weighted by Gasteiger charge is 2.23. The number of benzene rings is 1. The first kappa shape index (κ1) is 11.9. The van der Waals surface area contributed by atoms with E-state index in [0.29, 0.717) is 11.5 Å². The number of ether oxygens (including phenoxy) is 2. The van der Waals surface area contributed by atoms with Crippen molar-refractivity contribution < 1.29 is 14.6 Å². The van der Waals surface area contributed by atoms with E-state index in [1.165, 1.54) is 0 Å². The predicted octanol–water partition coefficient (Wildman–Crippen LogP) is 2.24. The summed E-state index contributed by atoms with van der Waals surface area (Å²) in [6.45, 7) is 5.41. The van der Waals surface area contributed by atoms with E-state index >= 15 is 0 Å². The summed E-state index contributed by atoms with van der Waals surface area (Å²) in [5.41, 5.74) is 0.830. The van der Waals surface area contributed by atoms with Crippen LogP contribution in [-0.2, 0) is 5.60 Å². The average molecular weight is 210 g/mol. The minimum absolute atomic E-state index is 0.593. The van der Waals surface area contributed by atoms with Gasteiger partial charge in [0.2, 0.25) is 0 Å². The molecule has 0 saturated carbocycles. The summed E-state index contributed by atoms with van der Waals surface area (Å²) in [7, 11) is 3.16. The van der Waals surface area contributed by atoms with Crippen molar-refractivity contribution in [3.8, 4) is 11.5 Å². The van der Waals surface area contributed by atoms with Crippen LogP contribution in [0.15, 0.2) is 12.1 Å². The maximum Gasteiger partial charge on any atom is 0.166 e. The third-order valence-electron chi connectivity index (χ3n) is 2.28. The van der Waals surface area contributed by atoms with Crippen molar-refractivity contribution in [2.45, 2.75) is 26.4 Å². The number of hydrogen-bond acceptors (Lipinski definition) is 3. The molecule has 0 unspecified atom stereocenters. The molecular formula is C12H18O3. The zero-order chi connectivity index (χ0) is 11.6. The standard InChI is InChI=1S/C12H18O3/c1-8-6-9(12(2,3)13)11(15-5)10(7-8)14-4/h6-7,13H,1-5H3. The van der Waals surface area contributed by atoms with Gasteiger partial charge >= 0.3 is 0 Å². The van der Waals surface area contributed by atoms with Crippen molar-refractivity contribution >= 4 is 0 Å². The third-order valence-corrected chi connectivity index (χ3v) is 2.28. The Bertz CT molecular complexity index is 351. The van der Waals surface area contributed by atoms with Gasteiger partial charge in [-0.05, 0) is 38.5 Å². The van der Waals surface area contributed by atoms with Crippen molar-refractivity contribution in [1.29, 1.82) is 0 Å². The Labute approximate surface area is 90.6 Å². The first-order valence-corrected chi connectivity index (χ1v) is 4.85. The lowest BCUT2D eigenvalue weighted by Gasteiger charge is -2.23. The molecule has 1 rings (SSSR count). The Hall–Kier alpha value is -1.22. The summed E-state index contributed by atoms with van der Waals surface area (Å²) in [5, 5.41) is 10.0. The molecule has 15 heavy (non-hydrogen) atoms. The van der Waals surface area contributed by atoms with Gasteiger partial charge in [-0.25, -0.2) is 0 Å². The van der Waals surface area contributed by atoms with Crippen LogP contribution >= 0.6 is 0 Å². The summed E-state index contributed by atoms with van der Waals surface area (Å²) in [4.78, 5) is 0. The van der Waals surface area contributed by atoms with Gasteiger partial charge in [0.15, 0.2) is 11.5 Å². The van der Waals surface area contributed by atoms with Crippen LogP contribution in [0, 0.1) is 6.92 Å². The molecule has 0 fully saturated rings. The SMILES string of the molecule is COc1cc(C)cc(C(C)(C)O)c1OC. The number of rotatable bonds is 3. The van der Waals surface area contributed by atoms with Gasteiger partial charge in [0, 0.05) is 5.56 Å². The molecule has 0 heterocycles. The Morgan fingerprint density at radius 2 is 1.73 bits per heavy atom. The van der Waals surface area contributed by atoms with Crippen molar-refractivity contribution in [2.75, 3.05) is 14.2 Å². The Morgan fingerprint density at radius 1 is 1.13 bits per heavy atom. The van der Waals surface area contributed by atoms with E-state index in [0.717, 1.165) is 11.1 Å². The lowest BCUT2D eigenvalue weighted by Crippen LogP contribution is -2.17. The molecule has 0 atom stereocenters. The van der Waals surface area contributed by atoms with Gasteiger partial charge in [-0.1, -0.05) is 0 Å². The van der Waals surface area contributed by atoms with Crippen LogP contribution < -0.4 is 9.47 Å². The molecule has 0 aromatic heterocycles. The van der Waals surface area contributed by atoms with Gasteiger partial charge in [0.25, 0.3) is 0 Å². The zero-order valence-electron chi connectivity index (χ0n) is 9.92. The molecule has 84 valence electrons. The molecule has 0 amide bonds. The molecule has 0 aliphatic rings. The van der Waals surface area contributed by atoms with Gasteiger partial charge in [-0.3, -0.25) is 0 Å². The maximum atomic E-state index is 10.0. The minimum atomic E-state index is -0.940. The smallest absolute Gasteiger partial charge is 0.166 e. The van der Waals surface area contributed by atoms with E-state index in [4.69, 9.17) is 9.47 Å². The molecule has 0 aliphatic heterocycles. The molecule has 0 spiro atoms. The molecule has 1 aromatic rings. The summed E-state index contributed by atoms with van der Waals surface area (Å²) >= 11 is 0. The summed E-state index contributed by atoms with van der Waals surface area (Å²) in [6, 6.07) is 3.79. The second-order valence-electron chi connectivity index (χ2n) is 4.11. The monoisotopic (exact) mass is 210 g/mol. The molecule has 0 saturated heterocycles. The van der Waals surface area contributed by atoms with Crippen molar-refractivity contribution in [1.82, 2.24) is 0 Å². The van der Waals surface area contributed by atoms with Crippen LogP contribution in [0.2, 0.25) is 0 Å². The maximum absolute atomic E-state index is 10.0. The van der Waals surface area contributed by atoms with Gasteiger partial charge in [-0.2, -0.15) is 0 Å². The van der Waals surface area contributed by atoms with Crippen molar-refractivity contribution in [2.24, 2.45) is 0 Å². The van der Waals surface area contributed by atoms with E-state index in [2.05, 4.69) is 0 Å². The first-order valence-electron chi connectivity index (χ1n) is 4.85. The van der Waals surface area contributed by atoms with Crippen LogP contribution in [0.5, 0.6) is 11.5 Å². The van der Waals surface area contributed by atoms with E-state index in [9.17, 15) is 5.11 Å². The van der Waals surface area contributed by atoms with Gasteiger partial charge in [0.1, 0.15) is 0 Å². The third kappa shape index (κ3) is 2.42. The van der Waals surface area contributed by atoms with Crippen LogP contribution in [0.25, 0.3) is 0 Å². The largest absolute Gasteiger partial charge is 0.493 e. The molecule has 0 aliphatic carbocycles. The fourth-order valence-corrected chi connectivity index (χ4v) is 1.56. The van der Waals surface area contributed by atoms with Gasteiger partial charge in [-0.15, -0.1) is 0 Å². The molecular weight excluding hydrogens is 192 g/mol. The molecule has 3 heteroatoms. The highest BCUT2D eigenvalue weighted by Crippen LogP contribution is 2.38. The molecule has 1 aromatic carbocycles. The lowest BCUT2D eigenvalue weighted by molar-refractivity contribution is 0.0751. The molecule has 3 nitrogen and oxygen atoms in total. The van der Waals surface area contributed by atoms with E-state index in [1.54, 1.807) is 28.1 Å². The van der Waals surface area contributed by atoms with Crippen LogP contribution in [-0.4, -0.2) is 19.3 Å². The van der Waals surface area contributed by atoms with Crippen LogP contribution in [0.4, 0.5) is 0 Å². The Morgan fingerprint density at radius 3 is 2.13 bits per heavy atom. The topological polar surface area (TPSA) is 38.7 Å². The van der Waals surface area contributed by atoms with Gasteiger partial charge < -0.3 is 14.6 Å². The number of hydrogen-bond donors (Lipinski definition) is 1. The first-order chi connectivity index (χ1) is 6.90. The second-order valence-corrected chi connectivity index (χ2v) is 4.11. The summed E-state index contributed by atoms with van der Waals surface area (Å²) in [5.74, 6) is 1.24. The number of aryl methyl sites for hydroxylation is 1. The molecule has 1 N–H and O–H groups in total. The normalized spacial score (nSPS) is 11.3. The number of methoxy groups -OCH3 is 2. The fourth-order valence-electron chi connectivity index (χ4n) is 1.56.